The van der Waals surface area contributed by atoms with Gasteiger partial charge >= 0.3 is 6.18 Å². The number of carbonyl (C=O) groups is 1. The number of carbonyl (C=O) groups excluding carboxylic acids is 1. The Kier molecular flexibility index (Phi) is 4.68. The third-order valence-electron chi connectivity index (χ3n) is 5.22. The van der Waals surface area contributed by atoms with Crippen molar-refractivity contribution in [1.29, 1.82) is 0 Å². The minimum Gasteiger partial charge on any atom is -0.321 e. The number of nitrogens with one attached hydrogen (secondary N) is 1. The molecule has 2 aromatic carbocycles. The van der Waals surface area contributed by atoms with Crippen molar-refractivity contribution in [1.82, 2.24) is 4.57 Å². The van der Waals surface area contributed by atoms with Crippen molar-refractivity contribution in [3.05, 3.63) is 86.7 Å². The predicted molar refractivity (Wildman–Crippen MR) is 110 cm³/mol. The second kappa shape index (κ2) is 7.12. The first-order chi connectivity index (χ1) is 14.6. The fourth-order valence-corrected chi connectivity index (χ4v) is 3.72. The molecule has 1 aliphatic heterocycles. The van der Waals surface area contributed by atoms with Crippen molar-refractivity contribution < 1.29 is 22.9 Å². The lowest BCUT2D eigenvalue weighted by Gasteiger charge is -2.09. The fourth-order valence-electron chi connectivity index (χ4n) is 3.72. The number of nitro benzene ring substituents is 1. The van der Waals surface area contributed by atoms with Gasteiger partial charge in [-0.2, -0.15) is 13.2 Å². The number of non-ortho nitro benzene ring substituents is 1. The number of hydrogen-bond acceptors (Lipinski definition) is 3. The van der Waals surface area contributed by atoms with E-state index in [0.29, 0.717) is 11.1 Å². The summed E-state index contributed by atoms with van der Waals surface area (Å²) in [6.07, 6.45) is -2.86. The number of hydrogen-bond donors (Lipinski definition) is 1. The van der Waals surface area contributed by atoms with E-state index in [2.05, 4.69) is 5.32 Å². The first kappa shape index (κ1) is 20.4. The molecule has 0 atom stereocenters. The van der Waals surface area contributed by atoms with Gasteiger partial charge in [-0.05, 0) is 55.8 Å². The number of fused-ring (bicyclic) bond motifs is 1. The first-order valence-corrected chi connectivity index (χ1v) is 9.24. The SMILES string of the molecule is Cc1cc(/C=C2\C(=O)Nc3cc(C(F)(F)F)ccc32)c(C)n1-c1ccc([N+](=O)[O-])cc1. The van der Waals surface area contributed by atoms with Crippen LogP contribution in [0.4, 0.5) is 24.5 Å². The zero-order chi connectivity index (χ0) is 22.5. The third kappa shape index (κ3) is 3.58. The van der Waals surface area contributed by atoms with Gasteiger partial charge in [-0.15, -0.1) is 0 Å². The van der Waals surface area contributed by atoms with Crippen LogP contribution in [0.15, 0.2) is 48.5 Å². The van der Waals surface area contributed by atoms with Gasteiger partial charge in [0.15, 0.2) is 0 Å². The van der Waals surface area contributed by atoms with E-state index in [9.17, 15) is 28.1 Å². The molecule has 1 aromatic heterocycles. The molecule has 2 heterocycles. The number of nitrogens with zero attached hydrogens (tertiary/aromatic N) is 2. The van der Waals surface area contributed by atoms with Crippen LogP contribution in [0.25, 0.3) is 17.3 Å². The summed E-state index contributed by atoms with van der Waals surface area (Å²) in [5, 5.41) is 13.4. The fraction of sp³-hybridized carbons (Fsp3) is 0.136. The minimum absolute atomic E-state index is 0.0222. The Bertz CT molecular complexity index is 1260. The number of alkyl halides is 3. The number of anilines is 1. The minimum atomic E-state index is -4.50. The molecule has 4 rings (SSSR count). The van der Waals surface area contributed by atoms with Crippen LogP contribution in [0.2, 0.25) is 0 Å². The van der Waals surface area contributed by atoms with Crippen molar-refractivity contribution in [2.24, 2.45) is 0 Å². The number of aromatic nitrogens is 1. The van der Waals surface area contributed by atoms with Crippen LogP contribution in [0.3, 0.4) is 0 Å². The van der Waals surface area contributed by atoms with Gasteiger partial charge in [0.05, 0.1) is 10.5 Å². The van der Waals surface area contributed by atoms with Crippen molar-refractivity contribution in [2.45, 2.75) is 20.0 Å². The highest BCUT2D eigenvalue weighted by molar-refractivity contribution is 6.35. The third-order valence-corrected chi connectivity index (χ3v) is 5.22. The van der Waals surface area contributed by atoms with Crippen molar-refractivity contribution >= 4 is 28.9 Å². The van der Waals surface area contributed by atoms with Gasteiger partial charge in [-0.1, -0.05) is 6.07 Å². The smallest absolute Gasteiger partial charge is 0.321 e. The highest BCUT2D eigenvalue weighted by Gasteiger charge is 2.33. The molecular weight excluding hydrogens is 411 g/mol. The molecule has 1 N–H and O–H groups in total. The zero-order valence-corrected chi connectivity index (χ0v) is 16.4. The van der Waals surface area contributed by atoms with Crippen LogP contribution in [0.5, 0.6) is 0 Å². The van der Waals surface area contributed by atoms with Crippen LogP contribution >= 0.6 is 0 Å². The maximum Gasteiger partial charge on any atom is 0.416 e. The zero-order valence-electron chi connectivity index (χ0n) is 16.4. The molecule has 0 unspecified atom stereocenters. The molecule has 9 heteroatoms. The number of benzene rings is 2. The topological polar surface area (TPSA) is 77.2 Å². The molecule has 0 radical (unpaired) electrons. The van der Waals surface area contributed by atoms with E-state index in [1.807, 2.05) is 24.5 Å². The predicted octanol–water partition coefficient (Wildman–Crippen LogP) is 5.51. The van der Waals surface area contributed by atoms with Gasteiger partial charge in [-0.3, -0.25) is 14.9 Å². The van der Waals surface area contributed by atoms with Gasteiger partial charge in [-0.25, -0.2) is 0 Å². The molecule has 0 fully saturated rings. The summed E-state index contributed by atoms with van der Waals surface area (Å²) in [5.74, 6) is -0.477. The number of amides is 1. The molecule has 0 bridgehead atoms. The average molecular weight is 427 g/mol. The summed E-state index contributed by atoms with van der Waals surface area (Å²) in [6, 6.07) is 11.1. The van der Waals surface area contributed by atoms with E-state index in [-0.39, 0.29) is 16.9 Å². The largest absolute Gasteiger partial charge is 0.416 e. The Labute approximate surface area is 174 Å². The quantitative estimate of drug-likeness (QED) is 0.340. The lowest BCUT2D eigenvalue weighted by Crippen LogP contribution is -2.06. The second-order valence-electron chi connectivity index (χ2n) is 7.21. The molecule has 1 aliphatic rings. The molecule has 31 heavy (non-hydrogen) atoms. The Balaban J connectivity index is 1.75. The van der Waals surface area contributed by atoms with Crippen molar-refractivity contribution in [2.75, 3.05) is 5.32 Å². The molecule has 0 aliphatic carbocycles. The van der Waals surface area contributed by atoms with Crippen molar-refractivity contribution in [3.8, 4) is 5.69 Å². The summed E-state index contributed by atoms with van der Waals surface area (Å²) in [6.45, 7) is 3.69. The van der Waals surface area contributed by atoms with Crippen LogP contribution in [-0.4, -0.2) is 15.4 Å². The second-order valence-corrected chi connectivity index (χ2v) is 7.21. The van der Waals surface area contributed by atoms with Crippen LogP contribution in [-0.2, 0) is 11.0 Å². The average Bonchev–Trinajstić information content (AvgIpc) is 3.16. The first-order valence-electron chi connectivity index (χ1n) is 9.24. The Hall–Kier alpha value is -3.88. The number of halogens is 3. The molecule has 158 valence electrons. The molecule has 6 nitrogen and oxygen atoms in total. The van der Waals surface area contributed by atoms with E-state index >= 15 is 0 Å². The normalized spacial score (nSPS) is 14.6. The van der Waals surface area contributed by atoms with Crippen molar-refractivity contribution in [3.63, 3.8) is 0 Å². The Morgan fingerprint density at radius 3 is 2.35 bits per heavy atom. The molecular formula is C22H16F3N3O3. The lowest BCUT2D eigenvalue weighted by atomic mass is 10.0. The monoisotopic (exact) mass is 427 g/mol. The highest BCUT2D eigenvalue weighted by Crippen LogP contribution is 2.39. The summed E-state index contributed by atoms with van der Waals surface area (Å²) in [7, 11) is 0. The number of nitro groups is 1. The Morgan fingerprint density at radius 1 is 1.06 bits per heavy atom. The van der Waals surface area contributed by atoms with Crippen LogP contribution in [0.1, 0.15) is 28.1 Å². The van der Waals surface area contributed by atoms with E-state index in [1.54, 1.807) is 18.2 Å². The van der Waals surface area contributed by atoms with Gasteiger partial charge in [0.1, 0.15) is 0 Å². The van der Waals surface area contributed by atoms with E-state index < -0.39 is 22.6 Å². The molecule has 0 spiro atoms. The van der Waals surface area contributed by atoms with E-state index in [0.717, 1.165) is 29.2 Å². The maximum atomic E-state index is 13.0. The summed E-state index contributed by atoms with van der Waals surface area (Å²) >= 11 is 0. The summed E-state index contributed by atoms with van der Waals surface area (Å²) in [4.78, 5) is 22.8. The number of aryl methyl sites for hydroxylation is 1. The van der Waals surface area contributed by atoms with E-state index in [4.69, 9.17) is 0 Å². The van der Waals surface area contributed by atoms with Crippen LogP contribution in [0, 0.1) is 24.0 Å². The van der Waals surface area contributed by atoms with E-state index in [1.165, 1.54) is 18.2 Å². The standard InChI is InChI=1S/C22H16F3N3O3/c1-12-9-14(13(2)27(12)16-4-6-17(7-5-16)28(30)31)10-19-18-8-3-15(22(23,24)25)11-20(18)26-21(19)29/h3-11H,1-2H3,(H,26,29)/b19-10-. The molecule has 0 saturated carbocycles. The summed E-state index contributed by atoms with van der Waals surface area (Å²) < 4.78 is 40.8. The Morgan fingerprint density at radius 2 is 1.74 bits per heavy atom. The number of rotatable bonds is 3. The molecule has 3 aromatic rings. The van der Waals surface area contributed by atoms with Gasteiger partial charge in [0.2, 0.25) is 0 Å². The van der Waals surface area contributed by atoms with Gasteiger partial charge in [0, 0.05) is 46.0 Å². The lowest BCUT2D eigenvalue weighted by molar-refractivity contribution is -0.384. The maximum absolute atomic E-state index is 13.0. The summed E-state index contributed by atoms with van der Waals surface area (Å²) in [5.41, 5.74) is 3.00. The molecule has 1 amide bonds. The van der Waals surface area contributed by atoms with Gasteiger partial charge in [0.25, 0.3) is 11.6 Å². The highest BCUT2D eigenvalue weighted by atomic mass is 19.4. The van der Waals surface area contributed by atoms with Crippen LogP contribution < -0.4 is 5.32 Å². The van der Waals surface area contributed by atoms with Gasteiger partial charge < -0.3 is 9.88 Å². The molecule has 0 saturated heterocycles.